The van der Waals surface area contributed by atoms with E-state index in [2.05, 4.69) is 0 Å². The fourth-order valence-corrected chi connectivity index (χ4v) is 7.51. The Bertz CT molecular complexity index is 963. The zero-order valence-corrected chi connectivity index (χ0v) is 21.9. The van der Waals surface area contributed by atoms with Crippen molar-refractivity contribution in [3.05, 3.63) is 0 Å². The van der Waals surface area contributed by atoms with Crippen LogP contribution in [0.1, 0.15) is 46.5 Å². The van der Waals surface area contributed by atoms with Crippen LogP contribution in [0.4, 0.5) is 0 Å². The molecular formula is C25H36O12. The van der Waals surface area contributed by atoms with Gasteiger partial charge in [0.25, 0.3) is 0 Å². The molecule has 4 rings (SSSR count). The molecular weight excluding hydrogens is 492 g/mol. The van der Waals surface area contributed by atoms with Crippen molar-refractivity contribution in [2.24, 2.45) is 28.6 Å². The topological polar surface area (TPSA) is 164 Å². The first kappa shape index (κ1) is 27.9. The van der Waals surface area contributed by atoms with Crippen LogP contribution in [0.25, 0.3) is 0 Å². The van der Waals surface area contributed by atoms with Crippen LogP contribution in [-0.2, 0) is 47.6 Å². The van der Waals surface area contributed by atoms with E-state index in [1.54, 1.807) is 6.92 Å². The number of hydrogen-bond donors (Lipinski definition) is 2. The molecule has 0 unspecified atom stereocenters. The molecule has 0 bridgehead atoms. The minimum Gasteiger partial charge on any atom is -0.469 e. The average molecular weight is 529 g/mol. The number of methoxy groups -OCH3 is 3. The largest absolute Gasteiger partial charge is 0.469 e. The number of aliphatic hydroxyl groups excluding tert-OH is 1. The summed E-state index contributed by atoms with van der Waals surface area (Å²) in [4.78, 5) is 52.1. The van der Waals surface area contributed by atoms with E-state index in [-0.39, 0.29) is 12.8 Å². The molecule has 4 aliphatic rings. The highest BCUT2D eigenvalue weighted by Gasteiger charge is 2.71. The number of aliphatic hydroxyl groups is 2. The molecule has 0 aromatic heterocycles. The summed E-state index contributed by atoms with van der Waals surface area (Å²) in [7, 11) is 3.81. The van der Waals surface area contributed by atoms with Crippen molar-refractivity contribution in [2.45, 2.75) is 82.9 Å². The fraction of sp³-hybridized carbons (Fsp3) is 0.840. The molecule has 0 aromatic rings. The van der Waals surface area contributed by atoms with Crippen molar-refractivity contribution < 1.29 is 57.8 Å². The van der Waals surface area contributed by atoms with Gasteiger partial charge in [0.2, 0.25) is 0 Å². The summed E-state index contributed by atoms with van der Waals surface area (Å²) in [6, 6.07) is 0. The lowest BCUT2D eigenvalue weighted by Gasteiger charge is -2.61. The molecule has 37 heavy (non-hydrogen) atoms. The first-order valence-corrected chi connectivity index (χ1v) is 12.4. The second kappa shape index (κ2) is 9.57. The number of cyclic esters (lactones) is 1. The first-order valence-electron chi connectivity index (χ1n) is 12.4. The van der Waals surface area contributed by atoms with Gasteiger partial charge in [-0.1, -0.05) is 13.8 Å². The van der Waals surface area contributed by atoms with Crippen molar-refractivity contribution >= 4 is 23.7 Å². The molecule has 11 atom stereocenters. The molecule has 2 heterocycles. The Morgan fingerprint density at radius 3 is 2.32 bits per heavy atom. The summed E-state index contributed by atoms with van der Waals surface area (Å²) >= 11 is 0. The Balaban J connectivity index is 1.80. The lowest BCUT2D eigenvalue weighted by Crippen LogP contribution is -2.69. The predicted octanol–water partition coefficient (Wildman–Crippen LogP) is 0.102. The van der Waals surface area contributed by atoms with E-state index in [9.17, 15) is 29.4 Å². The summed E-state index contributed by atoms with van der Waals surface area (Å²) in [6.45, 7) is 4.75. The molecule has 4 fully saturated rings. The van der Waals surface area contributed by atoms with Crippen molar-refractivity contribution in [1.29, 1.82) is 0 Å². The van der Waals surface area contributed by atoms with Gasteiger partial charge in [0.15, 0.2) is 30.1 Å². The molecule has 0 amide bonds. The van der Waals surface area contributed by atoms with E-state index in [0.717, 1.165) is 0 Å². The number of ether oxygens (including phenoxy) is 6. The highest BCUT2D eigenvalue weighted by Crippen LogP contribution is 2.64. The van der Waals surface area contributed by atoms with Crippen molar-refractivity contribution in [2.75, 3.05) is 21.3 Å². The van der Waals surface area contributed by atoms with Crippen LogP contribution in [-0.4, -0.2) is 91.7 Å². The van der Waals surface area contributed by atoms with Gasteiger partial charge >= 0.3 is 17.9 Å². The van der Waals surface area contributed by atoms with Gasteiger partial charge in [0.1, 0.15) is 12.2 Å². The number of Topliss-reactive ketones (excluding diaryl/α,β-unsaturated/α-hetero) is 1. The number of hydrogen-bond acceptors (Lipinski definition) is 12. The summed E-state index contributed by atoms with van der Waals surface area (Å²) < 4.78 is 32.0. The van der Waals surface area contributed by atoms with Crippen molar-refractivity contribution in [3.8, 4) is 0 Å². The third-order valence-corrected chi connectivity index (χ3v) is 9.23. The minimum atomic E-state index is -2.21. The van der Waals surface area contributed by atoms with Crippen LogP contribution >= 0.6 is 0 Å². The molecule has 0 aromatic carbocycles. The van der Waals surface area contributed by atoms with Gasteiger partial charge in [-0.2, -0.15) is 0 Å². The van der Waals surface area contributed by atoms with Crippen molar-refractivity contribution in [3.63, 3.8) is 0 Å². The second-order valence-corrected chi connectivity index (χ2v) is 11.1. The lowest BCUT2D eigenvalue weighted by molar-refractivity contribution is -0.264. The Hall–Kier alpha value is -2.12. The van der Waals surface area contributed by atoms with Crippen LogP contribution < -0.4 is 0 Å². The molecule has 2 N–H and O–H groups in total. The zero-order chi connectivity index (χ0) is 27.5. The van der Waals surface area contributed by atoms with E-state index < -0.39 is 88.8 Å². The SMILES string of the molecule is COC(=O)[C@@H]1C[C@H](OC(C)=O)C(=O)[C@H]2[C@@]1(C)CC[C@H]1C(=O)O[C@H]([C@]3(O)[C@@H](OC)O[C@@H](OC)[C@H]3O)C[C@]21C. The highest BCUT2D eigenvalue weighted by molar-refractivity contribution is 5.93. The van der Waals surface area contributed by atoms with Crippen LogP contribution in [0.2, 0.25) is 0 Å². The van der Waals surface area contributed by atoms with Crippen LogP contribution in [0.15, 0.2) is 0 Å². The number of fused-ring (bicyclic) bond motifs is 3. The van der Waals surface area contributed by atoms with Crippen LogP contribution in [0, 0.1) is 28.6 Å². The summed E-state index contributed by atoms with van der Waals surface area (Å²) in [5.41, 5.74) is -4.26. The van der Waals surface area contributed by atoms with Gasteiger partial charge in [-0.05, 0) is 30.1 Å². The Morgan fingerprint density at radius 2 is 1.76 bits per heavy atom. The van der Waals surface area contributed by atoms with Crippen LogP contribution in [0.3, 0.4) is 0 Å². The van der Waals surface area contributed by atoms with Gasteiger partial charge in [-0.3, -0.25) is 19.2 Å². The van der Waals surface area contributed by atoms with Gasteiger partial charge in [-0.15, -0.1) is 0 Å². The maximum atomic E-state index is 14.0. The van der Waals surface area contributed by atoms with E-state index in [0.29, 0.717) is 12.8 Å². The molecule has 12 nitrogen and oxygen atoms in total. The normalized spacial score (nSPS) is 47.5. The van der Waals surface area contributed by atoms with Gasteiger partial charge in [-0.25, -0.2) is 0 Å². The van der Waals surface area contributed by atoms with Crippen molar-refractivity contribution in [1.82, 2.24) is 0 Å². The summed E-state index contributed by atoms with van der Waals surface area (Å²) in [6.07, 6.45) is -6.18. The average Bonchev–Trinajstić information content (AvgIpc) is 3.09. The number of esters is 3. The third-order valence-electron chi connectivity index (χ3n) is 9.23. The van der Waals surface area contributed by atoms with E-state index in [1.165, 1.54) is 28.3 Å². The molecule has 0 spiro atoms. The fourth-order valence-electron chi connectivity index (χ4n) is 7.51. The minimum absolute atomic E-state index is 0.0233. The first-order chi connectivity index (χ1) is 17.3. The summed E-state index contributed by atoms with van der Waals surface area (Å²) in [5, 5.41) is 22.6. The molecule has 12 heteroatoms. The lowest BCUT2D eigenvalue weighted by atomic mass is 9.43. The number of ketones is 1. The number of carbonyl (C=O) groups is 4. The monoisotopic (exact) mass is 528 g/mol. The molecule has 2 aliphatic carbocycles. The smallest absolute Gasteiger partial charge is 0.309 e. The van der Waals surface area contributed by atoms with E-state index in [1.807, 2.05) is 6.92 Å². The van der Waals surface area contributed by atoms with Gasteiger partial charge in [0, 0.05) is 33.5 Å². The number of rotatable bonds is 5. The Labute approximate surface area is 214 Å². The Morgan fingerprint density at radius 1 is 1.08 bits per heavy atom. The van der Waals surface area contributed by atoms with Gasteiger partial charge in [0.05, 0.1) is 18.9 Å². The second-order valence-electron chi connectivity index (χ2n) is 11.1. The molecule has 2 saturated heterocycles. The number of carbonyl (C=O) groups excluding carboxylic acids is 4. The van der Waals surface area contributed by atoms with E-state index in [4.69, 9.17) is 28.4 Å². The molecule has 0 radical (unpaired) electrons. The highest BCUT2D eigenvalue weighted by atomic mass is 16.8. The third kappa shape index (κ3) is 3.99. The standard InChI is InChI=1S/C25H36O12/c1-11(26)35-14-9-13(19(29)32-4)23(2)8-7-12-20(30)36-15(10-24(12,3)17(23)16(14)27)25(31)18(28)21(33-5)37-22(25)34-6/h12-15,17-18,21-22,28,31H,7-10H2,1-6H3/t12-,13-,14-,15-,17-,18+,21+,22-,23-,24-,25+/m0/s1. The maximum absolute atomic E-state index is 14.0. The quantitative estimate of drug-likeness (QED) is 0.366. The molecule has 2 aliphatic heterocycles. The van der Waals surface area contributed by atoms with Gasteiger partial charge < -0.3 is 38.6 Å². The van der Waals surface area contributed by atoms with Crippen LogP contribution in [0.5, 0.6) is 0 Å². The molecule has 2 saturated carbocycles. The maximum Gasteiger partial charge on any atom is 0.309 e. The summed E-state index contributed by atoms with van der Waals surface area (Å²) in [5.74, 6) is -4.67. The Kier molecular flexibility index (Phi) is 7.21. The zero-order valence-electron chi connectivity index (χ0n) is 21.9. The van der Waals surface area contributed by atoms with E-state index >= 15 is 0 Å². The molecule has 208 valence electrons. The predicted molar refractivity (Wildman–Crippen MR) is 121 cm³/mol.